The summed E-state index contributed by atoms with van der Waals surface area (Å²) in [6.07, 6.45) is -5.87. The predicted octanol–water partition coefficient (Wildman–Crippen LogP) is 4.38. The summed E-state index contributed by atoms with van der Waals surface area (Å²) in [5.74, 6) is -0.820. The molecule has 26 heavy (non-hydrogen) atoms. The Morgan fingerprint density at radius 1 is 1.23 bits per heavy atom. The first-order valence-electron chi connectivity index (χ1n) is 7.34. The molecule has 0 saturated heterocycles. The summed E-state index contributed by atoms with van der Waals surface area (Å²) in [6.45, 7) is -1.51. The van der Waals surface area contributed by atoms with Gasteiger partial charge >= 0.3 is 6.18 Å². The largest absolute Gasteiger partial charge is 0.406 e. The van der Waals surface area contributed by atoms with Crippen molar-refractivity contribution in [3.8, 4) is 0 Å². The van der Waals surface area contributed by atoms with Gasteiger partial charge in [0.25, 0.3) is 11.6 Å². The molecule has 0 saturated carbocycles. The average Bonchev–Trinajstić information content (AvgIpc) is 2.56. The summed E-state index contributed by atoms with van der Waals surface area (Å²) in [5, 5.41) is 13.8. The van der Waals surface area contributed by atoms with Crippen LogP contribution in [0.2, 0.25) is 5.02 Å². The molecular formula is C16H11ClF3N3O3. The van der Waals surface area contributed by atoms with Gasteiger partial charge in [-0.15, -0.1) is 0 Å². The lowest BCUT2D eigenvalue weighted by Crippen LogP contribution is -2.47. The topological polar surface area (TPSA) is 75.5 Å². The highest BCUT2D eigenvalue weighted by Gasteiger charge is 2.41. The number of benzene rings is 2. The van der Waals surface area contributed by atoms with E-state index < -0.39 is 35.4 Å². The summed E-state index contributed by atoms with van der Waals surface area (Å²) in [6, 6.07) is 9.75. The first kappa shape index (κ1) is 18.0. The molecule has 10 heteroatoms. The average molecular weight is 386 g/mol. The van der Waals surface area contributed by atoms with Crippen molar-refractivity contribution in [3.63, 3.8) is 0 Å². The molecule has 1 atom stereocenters. The van der Waals surface area contributed by atoms with Gasteiger partial charge in [-0.3, -0.25) is 14.9 Å². The van der Waals surface area contributed by atoms with E-state index in [4.69, 9.17) is 11.6 Å². The quantitative estimate of drug-likeness (QED) is 0.628. The number of anilines is 1. The lowest BCUT2D eigenvalue weighted by Gasteiger charge is -2.38. The Bertz CT molecular complexity index is 889. The zero-order valence-electron chi connectivity index (χ0n) is 13.0. The lowest BCUT2D eigenvalue weighted by atomic mass is 10.0. The monoisotopic (exact) mass is 385 g/mol. The Labute approximate surface area is 150 Å². The number of hydrogen-bond donors (Lipinski definition) is 1. The Morgan fingerprint density at radius 2 is 1.92 bits per heavy atom. The van der Waals surface area contributed by atoms with Gasteiger partial charge < -0.3 is 10.2 Å². The SMILES string of the molecule is O=C1c2ccccc2N[C@@H](c2ccc(Cl)c([N+](=O)[O-])c2)N1CC(F)(F)F. The molecule has 0 fully saturated rings. The van der Waals surface area contributed by atoms with Gasteiger partial charge in [-0.05, 0) is 18.2 Å². The van der Waals surface area contributed by atoms with E-state index in [1.807, 2.05) is 0 Å². The summed E-state index contributed by atoms with van der Waals surface area (Å²) >= 11 is 5.76. The Hall–Kier alpha value is -2.81. The van der Waals surface area contributed by atoms with Crippen molar-refractivity contribution in [2.75, 3.05) is 11.9 Å². The summed E-state index contributed by atoms with van der Waals surface area (Å²) in [5.41, 5.74) is 0.104. The van der Waals surface area contributed by atoms with Gasteiger partial charge in [0.2, 0.25) is 0 Å². The molecule has 2 aromatic rings. The molecule has 0 bridgehead atoms. The van der Waals surface area contributed by atoms with Gasteiger partial charge in [-0.1, -0.05) is 29.8 Å². The van der Waals surface area contributed by atoms with Crippen LogP contribution in [0.1, 0.15) is 22.1 Å². The molecule has 0 unspecified atom stereocenters. The zero-order valence-corrected chi connectivity index (χ0v) is 13.7. The highest BCUT2D eigenvalue weighted by atomic mass is 35.5. The minimum Gasteiger partial charge on any atom is -0.361 e. The first-order valence-corrected chi connectivity index (χ1v) is 7.72. The van der Waals surface area contributed by atoms with E-state index in [2.05, 4.69) is 5.32 Å². The summed E-state index contributed by atoms with van der Waals surface area (Å²) in [7, 11) is 0. The maximum atomic E-state index is 13.0. The van der Waals surface area contributed by atoms with Crippen LogP contribution in [0.15, 0.2) is 42.5 Å². The molecule has 0 radical (unpaired) electrons. The third-order valence-corrected chi connectivity index (χ3v) is 4.17. The van der Waals surface area contributed by atoms with Crippen LogP contribution in [-0.2, 0) is 0 Å². The number of hydrogen-bond acceptors (Lipinski definition) is 4. The Kier molecular flexibility index (Phi) is 4.49. The number of nitrogens with zero attached hydrogens (tertiary/aromatic N) is 2. The number of nitrogens with one attached hydrogen (secondary N) is 1. The van der Waals surface area contributed by atoms with Crippen molar-refractivity contribution in [3.05, 3.63) is 68.7 Å². The van der Waals surface area contributed by atoms with Crippen LogP contribution in [0.4, 0.5) is 24.5 Å². The van der Waals surface area contributed by atoms with Gasteiger partial charge in [0.15, 0.2) is 0 Å². The number of carbonyl (C=O) groups excluding carboxylic acids is 1. The maximum Gasteiger partial charge on any atom is 0.406 e. The number of halogens is 4. The highest BCUT2D eigenvalue weighted by molar-refractivity contribution is 6.32. The molecule has 1 N–H and O–H groups in total. The molecule has 1 aliphatic rings. The number of nitro benzene ring substituents is 1. The third kappa shape index (κ3) is 3.43. The van der Waals surface area contributed by atoms with E-state index in [-0.39, 0.29) is 16.1 Å². The van der Waals surface area contributed by atoms with E-state index in [0.717, 1.165) is 6.07 Å². The van der Waals surface area contributed by atoms with Crippen LogP contribution in [0.25, 0.3) is 0 Å². The predicted molar refractivity (Wildman–Crippen MR) is 88.0 cm³/mol. The molecule has 6 nitrogen and oxygen atoms in total. The van der Waals surface area contributed by atoms with Crippen molar-refractivity contribution < 1.29 is 22.9 Å². The van der Waals surface area contributed by atoms with Gasteiger partial charge in [-0.25, -0.2) is 0 Å². The standard InChI is InChI=1S/C16H11ClF3N3O3/c17-11-6-5-9(7-13(11)23(25)26)14-21-12-4-2-1-3-10(12)15(24)22(14)8-16(18,19)20/h1-7,14,21H,8H2/t14-/m1/s1. The van der Waals surface area contributed by atoms with Crippen LogP contribution in [0.3, 0.4) is 0 Å². The molecule has 1 aliphatic heterocycles. The Balaban J connectivity index is 2.09. The first-order chi connectivity index (χ1) is 12.2. The number of rotatable bonds is 3. The minimum absolute atomic E-state index is 0.0939. The number of fused-ring (bicyclic) bond motifs is 1. The number of alkyl halides is 3. The van der Waals surface area contributed by atoms with E-state index in [0.29, 0.717) is 10.6 Å². The third-order valence-electron chi connectivity index (χ3n) is 3.85. The van der Waals surface area contributed by atoms with Crippen LogP contribution >= 0.6 is 11.6 Å². The van der Waals surface area contributed by atoms with E-state index in [9.17, 15) is 28.1 Å². The van der Waals surface area contributed by atoms with Crippen LogP contribution < -0.4 is 5.32 Å². The molecule has 0 spiro atoms. The highest BCUT2D eigenvalue weighted by Crippen LogP contribution is 2.37. The molecule has 136 valence electrons. The molecule has 2 aromatic carbocycles. The fraction of sp³-hybridized carbons (Fsp3) is 0.188. The molecule has 1 heterocycles. The van der Waals surface area contributed by atoms with Crippen LogP contribution in [0.5, 0.6) is 0 Å². The molecular weight excluding hydrogens is 375 g/mol. The molecule has 0 aromatic heterocycles. The maximum absolute atomic E-state index is 13.0. The van der Waals surface area contributed by atoms with Crippen molar-refractivity contribution in [1.29, 1.82) is 0 Å². The fourth-order valence-electron chi connectivity index (χ4n) is 2.75. The smallest absolute Gasteiger partial charge is 0.361 e. The fourth-order valence-corrected chi connectivity index (χ4v) is 2.94. The number of carbonyl (C=O) groups is 1. The van der Waals surface area contributed by atoms with Gasteiger partial charge in [0.05, 0.1) is 10.5 Å². The number of nitro groups is 1. The summed E-state index contributed by atoms with van der Waals surface area (Å²) < 4.78 is 39.0. The molecule has 0 aliphatic carbocycles. The van der Waals surface area contributed by atoms with E-state index in [1.54, 1.807) is 12.1 Å². The molecule has 1 amide bonds. The normalized spacial score (nSPS) is 16.8. The lowest BCUT2D eigenvalue weighted by molar-refractivity contribution is -0.384. The second kappa shape index (κ2) is 6.49. The van der Waals surface area contributed by atoms with Gasteiger partial charge in [0.1, 0.15) is 17.7 Å². The van der Waals surface area contributed by atoms with Crippen LogP contribution in [-0.4, -0.2) is 28.5 Å². The molecule has 3 rings (SSSR count). The van der Waals surface area contributed by atoms with Crippen molar-refractivity contribution in [1.82, 2.24) is 4.90 Å². The number of para-hydroxylation sites is 1. The van der Waals surface area contributed by atoms with Crippen LogP contribution in [0, 0.1) is 10.1 Å². The zero-order chi connectivity index (χ0) is 19.1. The number of amides is 1. The summed E-state index contributed by atoms with van der Waals surface area (Å²) in [4.78, 5) is 23.5. The van der Waals surface area contributed by atoms with Gasteiger partial charge in [0, 0.05) is 17.3 Å². The second-order valence-corrected chi connectivity index (χ2v) is 6.02. The van der Waals surface area contributed by atoms with E-state index >= 15 is 0 Å². The van der Waals surface area contributed by atoms with Gasteiger partial charge in [-0.2, -0.15) is 13.2 Å². The van der Waals surface area contributed by atoms with Crippen molar-refractivity contribution in [2.45, 2.75) is 12.3 Å². The minimum atomic E-state index is -4.64. The van der Waals surface area contributed by atoms with Crippen molar-refractivity contribution >= 4 is 28.9 Å². The Morgan fingerprint density at radius 3 is 2.58 bits per heavy atom. The van der Waals surface area contributed by atoms with E-state index in [1.165, 1.54) is 24.3 Å². The van der Waals surface area contributed by atoms with Crippen molar-refractivity contribution in [2.24, 2.45) is 0 Å². The second-order valence-electron chi connectivity index (χ2n) is 5.61.